The molecule has 6 rings (SSSR count). The number of hydrogen-bond acceptors (Lipinski definition) is 8. The Balaban J connectivity index is 0.000000171. The summed E-state index contributed by atoms with van der Waals surface area (Å²) >= 11 is 5.91. The molecule has 0 aliphatic carbocycles. The quantitative estimate of drug-likeness (QED) is 0.195. The van der Waals surface area contributed by atoms with Crippen LogP contribution in [0.2, 0.25) is 0 Å². The summed E-state index contributed by atoms with van der Waals surface area (Å²) in [6.45, 7) is 1.91. The summed E-state index contributed by atoms with van der Waals surface area (Å²) in [4.78, 5) is 20.1. The number of nitrogens with zero attached hydrogens (tertiary/aromatic N) is 5. The Morgan fingerprint density at radius 2 is 1.28 bits per heavy atom. The maximum Gasteiger partial charge on any atom is 0.144 e. The molecule has 0 spiro atoms. The number of hydrogen-bond donors (Lipinski definition) is 1. The van der Waals surface area contributed by atoms with Gasteiger partial charge in [-0.3, -0.25) is 0 Å². The van der Waals surface area contributed by atoms with Crippen LogP contribution in [-0.4, -0.2) is 41.2 Å². The monoisotopic (exact) mass is 592 g/mol. The highest BCUT2D eigenvalue weighted by atomic mass is 35.5. The van der Waals surface area contributed by atoms with E-state index in [-0.39, 0.29) is 11.9 Å². The zero-order valence-electron chi connectivity index (χ0n) is 24.5. The van der Waals surface area contributed by atoms with Gasteiger partial charge in [-0.15, -0.1) is 11.6 Å². The lowest BCUT2D eigenvalue weighted by Crippen LogP contribution is -2.15. The third-order valence-corrected chi connectivity index (χ3v) is 7.28. The molecule has 4 aromatic carbocycles. The number of nitrogens with two attached hydrogens (primary N) is 1. The Morgan fingerprint density at radius 1 is 0.721 bits per heavy atom. The van der Waals surface area contributed by atoms with E-state index in [1.165, 1.54) is 0 Å². The molecule has 0 aliphatic heterocycles. The van der Waals surface area contributed by atoms with Crippen molar-refractivity contribution in [2.24, 2.45) is 5.73 Å². The van der Waals surface area contributed by atoms with Gasteiger partial charge in [0.15, 0.2) is 0 Å². The van der Waals surface area contributed by atoms with Crippen LogP contribution in [-0.2, 0) is 5.88 Å². The van der Waals surface area contributed by atoms with Crippen molar-refractivity contribution in [3.63, 3.8) is 0 Å². The fourth-order valence-corrected chi connectivity index (χ4v) is 4.89. The van der Waals surface area contributed by atoms with Gasteiger partial charge in [0.1, 0.15) is 29.0 Å². The van der Waals surface area contributed by atoms with Crippen LogP contribution in [0.4, 0.5) is 11.5 Å². The van der Waals surface area contributed by atoms with Crippen LogP contribution in [0, 0.1) is 6.92 Å². The normalized spacial score (nSPS) is 11.5. The van der Waals surface area contributed by atoms with Crippen molar-refractivity contribution in [2.75, 3.05) is 26.2 Å². The first kappa shape index (κ1) is 29.7. The third kappa shape index (κ3) is 6.66. The molecule has 8 nitrogen and oxygen atoms in total. The molecule has 2 heterocycles. The maximum atomic E-state index is 6.42. The average molecular weight is 593 g/mol. The van der Waals surface area contributed by atoms with E-state index in [1.807, 2.05) is 111 Å². The van der Waals surface area contributed by atoms with Crippen molar-refractivity contribution in [3.8, 4) is 11.5 Å². The molecule has 0 saturated heterocycles. The first-order valence-corrected chi connectivity index (χ1v) is 14.3. The predicted octanol–water partition coefficient (Wildman–Crippen LogP) is 7.14. The predicted molar refractivity (Wildman–Crippen MR) is 173 cm³/mol. The van der Waals surface area contributed by atoms with Crippen LogP contribution in [0.1, 0.15) is 28.9 Å². The maximum absolute atomic E-state index is 6.42. The zero-order valence-corrected chi connectivity index (χ0v) is 25.3. The number of anilines is 2. The van der Waals surface area contributed by atoms with Gasteiger partial charge in [0.25, 0.3) is 0 Å². The van der Waals surface area contributed by atoms with Crippen molar-refractivity contribution in [1.82, 2.24) is 19.9 Å². The van der Waals surface area contributed by atoms with Crippen molar-refractivity contribution < 1.29 is 9.47 Å². The SMILES string of the molecule is COc1ccc(C(N)c2nc(CCl)nc3ccccc23)cc1.COc1ccc(N(C)c2nc(C)nc3ccccc23)cc1. The molecule has 218 valence electrons. The molecule has 1 atom stereocenters. The van der Waals surface area contributed by atoms with E-state index in [0.717, 1.165) is 61.9 Å². The minimum atomic E-state index is -0.347. The Hall–Kier alpha value is -4.79. The van der Waals surface area contributed by atoms with Gasteiger partial charge in [-0.05, 0) is 67.1 Å². The Labute approximate surface area is 256 Å². The summed E-state index contributed by atoms with van der Waals surface area (Å²) in [5.74, 6) is 4.15. The largest absolute Gasteiger partial charge is 0.497 e. The van der Waals surface area contributed by atoms with E-state index in [1.54, 1.807) is 14.2 Å². The highest BCUT2D eigenvalue weighted by molar-refractivity contribution is 6.16. The van der Waals surface area contributed by atoms with Gasteiger partial charge >= 0.3 is 0 Å². The van der Waals surface area contributed by atoms with Gasteiger partial charge in [0, 0.05) is 23.5 Å². The lowest BCUT2D eigenvalue weighted by atomic mass is 10.0. The van der Waals surface area contributed by atoms with Crippen molar-refractivity contribution in [3.05, 3.63) is 120 Å². The number of alkyl halides is 1. The van der Waals surface area contributed by atoms with Crippen LogP contribution in [0.25, 0.3) is 21.8 Å². The summed E-state index contributed by atoms with van der Waals surface area (Å²) < 4.78 is 10.4. The molecule has 0 saturated carbocycles. The van der Waals surface area contributed by atoms with Crippen molar-refractivity contribution >= 4 is 44.9 Å². The summed E-state index contributed by atoms with van der Waals surface area (Å²) in [6.07, 6.45) is 0. The van der Waals surface area contributed by atoms with Gasteiger partial charge in [-0.1, -0.05) is 42.5 Å². The molecule has 9 heteroatoms. The number of para-hydroxylation sites is 2. The number of fused-ring (bicyclic) bond motifs is 2. The summed E-state index contributed by atoms with van der Waals surface area (Å²) in [5.41, 5.74) is 11.0. The standard InChI is InChI=1S/C17H16ClN3O.C17H17N3O/c1-22-12-8-6-11(7-9-12)16(19)17-13-4-2-3-5-14(13)20-15(10-18)21-17;1-12-18-16-7-5-4-6-15(16)17(19-12)20(2)13-8-10-14(21-3)11-9-13/h2-9,16H,10,19H2,1H3;4-11H,1-3H3. The van der Waals surface area contributed by atoms with E-state index in [2.05, 4.69) is 24.8 Å². The molecule has 0 amide bonds. The second kappa shape index (κ2) is 13.5. The number of benzene rings is 4. The van der Waals surface area contributed by atoms with Crippen molar-refractivity contribution in [2.45, 2.75) is 18.8 Å². The molecule has 43 heavy (non-hydrogen) atoms. The van der Waals surface area contributed by atoms with Crippen molar-refractivity contribution in [1.29, 1.82) is 0 Å². The molecule has 2 aromatic heterocycles. The molecule has 2 N–H and O–H groups in total. The van der Waals surface area contributed by atoms with Gasteiger partial charge < -0.3 is 20.1 Å². The molecular formula is C34H33ClN6O2. The summed E-state index contributed by atoms with van der Waals surface area (Å²) in [7, 11) is 5.32. The van der Waals surface area contributed by atoms with Crippen LogP contribution >= 0.6 is 11.6 Å². The molecule has 6 aromatic rings. The molecule has 0 aliphatic rings. The van der Waals surface area contributed by atoms with Gasteiger partial charge in [0.2, 0.25) is 0 Å². The lowest BCUT2D eigenvalue weighted by Gasteiger charge is -2.20. The van der Waals surface area contributed by atoms with E-state index < -0.39 is 0 Å². The molecular weight excluding hydrogens is 560 g/mol. The summed E-state index contributed by atoms with van der Waals surface area (Å²) in [5, 5.41) is 1.99. The fraction of sp³-hybridized carbons (Fsp3) is 0.176. The molecule has 1 unspecified atom stereocenters. The van der Waals surface area contributed by atoms with Gasteiger partial charge in [0.05, 0.1) is 42.9 Å². The number of halogens is 1. The van der Waals surface area contributed by atoms with E-state index in [0.29, 0.717) is 5.82 Å². The molecule has 0 radical (unpaired) electrons. The number of aryl methyl sites for hydroxylation is 1. The lowest BCUT2D eigenvalue weighted by molar-refractivity contribution is 0.414. The first-order valence-electron chi connectivity index (χ1n) is 13.7. The number of rotatable bonds is 7. The highest BCUT2D eigenvalue weighted by Crippen LogP contribution is 2.30. The second-order valence-electron chi connectivity index (χ2n) is 9.80. The Kier molecular flexibility index (Phi) is 9.29. The van der Waals surface area contributed by atoms with Gasteiger partial charge in [-0.2, -0.15) is 0 Å². The van der Waals surface area contributed by atoms with Crippen LogP contribution < -0.4 is 20.1 Å². The third-order valence-electron chi connectivity index (χ3n) is 7.04. The minimum Gasteiger partial charge on any atom is -0.497 e. The van der Waals surface area contributed by atoms with Crippen LogP contribution in [0.5, 0.6) is 11.5 Å². The number of ether oxygens (including phenoxy) is 2. The minimum absolute atomic E-state index is 0.257. The number of aromatic nitrogens is 4. The van der Waals surface area contributed by atoms with Crippen LogP contribution in [0.3, 0.4) is 0 Å². The van der Waals surface area contributed by atoms with E-state index >= 15 is 0 Å². The molecule has 0 fully saturated rings. The fourth-order valence-electron chi connectivity index (χ4n) is 4.77. The Morgan fingerprint density at radius 3 is 1.88 bits per heavy atom. The first-order chi connectivity index (χ1) is 20.9. The van der Waals surface area contributed by atoms with Gasteiger partial charge in [-0.25, -0.2) is 19.9 Å². The second-order valence-corrected chi connectivity index (χ2v) is 10.1. The van der Waals surface area contributed by atoms with Crippen LogP contribution in [0.15, 0.2) is 97.1 Å². The molecule has 0 bridgehead atoms. The average Bonchev–Trinajstić information content (AvgIpc) is 3.07. The topological polar surface area (TPSA) is 99.3 Å². The van der Waals surface area contributed by atoms with E-state index in [4.69, 9.17) is 26.8 Å². The number of methoxy groups -OCH3 is 2. The highest BCUT2D eigenvalue weighted by Gasteiger charge is 2.16. The summed E-state index contributed by atoms with van der Waals surface area (Å²) in [6, 6.07) is 31.1. The smallest absolute Gasteiger partial charge is 0.144 e. The zero-order chi connectivity index (χ0) is 30.3. The Bertz CT molecular complexity index is 1830. The van der Waals surface area contributed by atoms with E-state index in [9.17, 15) is 0 Å².